The molecule has 0 aliphatic rings. The smallest absolute Gasteiger partial charge is 0.261 e. The number of aryl methyl sites for hydroxylation is 3. The third kappa shape index (κ3) is 4.59. The maximum absolute atomic E-state index is 12.2. The van der Waals surface area contributed by atoms with Crippen LogP contribution in [0.5, 0.6) is 5.75 Å². The standard InChI is InChI=1S/C20H25NO2/c1-13-6-8-18(9-7-13)12-21-20(22)17(5)23-19-11-14(2)10-15(3)16(19)4/h6-11,17H,12H2,1-5H3,(H,21,22)/t17-/m0/s1. The lowest BCUT2D eigenvalue weighted by Crippen LogP contribution is -2.36. The monoisotopic (exact) mass is 311 g/mol. The Bertz CT molecular complexity index is 690. The Morgan fingerprint density at radius 2 is 1.70 bits per heavy atom. The third-order valence-electron chi connectivity index (χ3n) is 4.02. The number of benzene rings is 2. The molecule has 1 atom stereocenters. The number of carbonyl (C=O) groups excluding carboxylic acids is 1. The second-order valence-corrected chi connectivity index (χ2v) is 6.17. The van der Waals surface area contributed by atoms with Crippen LogP contribution in [0.2, 0.25) is 0 Å². The van der Waals surface area contributed by atoms with E-state index in [4.69, 9.17) is 4.74 Å². The zero-order valence-electron chi connectivity index (χ0n) is 14.6. The molecule has 3 heteroatoms. The van der Waals surface area contributed by atoms with Crippen LogP contribution >= 0.6 is 0 Å². The fraction of sp³-hybridized carbons (Fsp3) is 0.350. The van der Waals surface area contributed by atoms with Crippen molar-refractivity contribution in [2.45, 2.75) is 47.3 Å². The number of amides is 1. The van der Waals surface area contributed by atoms with Crippen LogP contribution in [0.4, 0.5) is 0 Å². The molecule has 23 heavy (non-hydrogen) atoms. The van der Waals surface area contributed by atoms with Gasteiger partial charge in [0.1, 0.15) is 5.75 Å². The van der Waals surface area contributed by atoms with Gasteiger partial charge in [-0.05, 0) is 62.9 Å². The molecule has 0 radical (unpaired) electrons. The summed E-state index contributed by atoms with van der Waals surface area (Å²) in [5, 5.41) is 2.92. The fourth-order valence-corrected chi connectivity index (χ4v) is 2.41. The first-order valence-electron chi connectivity index (χ1n) is 7.94. The van der Waals surface area contributed by atoms with Crippen molar-refractivity contribution in [3.8, 4) is 5.75 Å². The Kier molecular flexibility index (Phi) is 5.43. The Labute approximate surface area is 138 Å². The molecular formula is C20H25NO2. The zero-order valence-corrected chi connectivity index (χ0v) is 14.6. The fourth-order valence-electron chi connectivity index (χ4n) is 2.41. The highest BCUT2D eigenvalue weighted by Crippen LogP contribution is 2.24. The van der Waals surface area contributed by atoms with E-state index in [1.54, 1.807) is 6.92 Å². The maximum Gasteiger partial charge on any atom is 0.261 e. The molecule has 0 aliphatic carbocycles. The van der Waals surface area contributed by atoms with Crippen LogP contribution in [0.1, 0.15) is 34.7 Å². The molecular weight excluding hydrogens is 286 g/mol. The second kappa shape index (κ2) is 7.32. The Morgan fingerprint density at radius 3 is 2.35 bits per heavy atom. The second-order valence-electron chi connectivity index (χ2n) is 6.17. The van der Waals surface area contributed by atoms with E-state index in [2.05, 4.69) is 18.3 Å². The Morgan fingerprint density at radius 1 is 1.04 bits per heavy atom. The molecule has 0 saturated heterocycles. The molecule has 2 aromatic rings. The summed E-state index contributed by atoms with van der Waals surface area (Å²) in [5.74, 6) is 0.671. The van der Waals surface area contributed by atoms with E-state index in [1.807, 2.05) is 51.1 Å². The molecule has 0 aromatic heterocycles. The summed E-state index contributed by atoms with van der Waals surface area (Å²) >= 11 is 0. The van der Waals surface area contributed by atoms with Gasteiger partial charge >= 0.3 is 0 Å². The number of rotatable bonds is 5. The number of ether oxygens (including phenoxy) is 1. The van der Waals surface area contributed by atoms with Crippen LogP contribution in [0.3, 0.4) is 0 Å². The van der Waals surface area contributed by atoms with Gasteiger partial charge in [-0.3, -0.25) is 4.79 Å². The van der Waals surface area contributed by atoms with Gasteiger partial charge < -0.3 is 10.1 Å². The minimum atomic E-state index is -0.527. The zero-order chi connectivity index (χ0) is 17.0. The summed E-state index contributed by atoms with van der Waals surface area (Å²) in [4.78, 5) is 12.2. The minimum absolute atomic E-state index is 0.107. The predicted octanol–water partition coefficient (Wildman–Crippen LogP) is 4.00. The predicted molar refractivity (Wildman–Crippen MR) is 93.8 cm³/mol. The molecule has 0 saturated carbocycles. The lowest BCUT2D eigenvalue weighted by Gasteiger charge is -2.18. The molecule has 2 rings (SSSR count). The first-order chi connectivity index (χ1) is 10.9. The Hall–Kier alpha value is -2.29. The quantitative estimate of drug-likeness (QED) is 0.906. The number of nitrogens with one attached hydrogen (secondary N) is 1. The van der Waals surface area contributed by atoms with E-state index in [9.17, 15) is 4.79 Å². The van der Waals surface area contributed by atoms with Crippen molar-refractivity contribution in [2.75, 3.05) is 0 Å². The highest BCUT2D eigenvalue weighted by atomic mass is 16.5. The highest BCUT2D eigenvalue weighted by Gasteiger charge is 2.16. The molecule has 3 nitrogen and oxygen atoms in total. The van der Waals surface area contributed by atoms with Gasteiger partial charge in [0.15, 0.2) is 6.10 Å². The van der Waals surface area contributed by atoms with E-state index in [0.29, 0.717) is 6.54 Å². The molecule has 0 spiro atoms. The van der Waals surface area contributed by atoms with E-state index in [-0.39, 0.29) is 5.91 Å². The molecule has 122 valence electrons. The van der Waals surface area contributed by atoms with Crippen molar-refractivity contribution in [1.82, 2.24) is 5.32 Å². The van der Waals surface area contributed by atoms with Crippen molar-refractivity contribution >= 4 is 5.91 Å². The van der Waals surface area contributed by atoms with E-state index >= 15 is 0 Å². The normalized spacial score (nSPS) is 11.9. The van der Waals surface area contributed by atoms with Gasteiger partial charge in [-0.15, -0.1) is 0 Å². The van der Waals surface area contributed by atoms with Crippen molar-refractivity contribution in [1.29, 1.82) is 0 Å². The van der Waals surface area contributed by atoms with Crippen molar-refractivity contribution in [3.63, 3.8) is 0 Å². The molecule has 0 unspecified atom stereocenters. The van der Waals surface area contributed by atoms with Crippen LogP contribution in [0.25, 0.3) is 0 Å². The maximum atomic E-state index is 12.2. The molecule has 1 amide bonds. The molecule has 2 aromatic carbocycles. The topological polar surface area (TPSA) is 38.3 Å². The highest BCUT2D eigenvalue weighted by molar-refractivity contribution is 5.80. The van der Waals surface area contributed by atoms with Gasteiger partial charge in [0.25, 0.3) is 5.91 Å². The Balaban J connectivity index is 1.96. The van der Waals surface area contributed by atoms with Gasteiger partial charge in [0.05, 0.1) is 0 Å². The van der Waals surface area contributed by atoms with Gasteiger partial charge in [-0.1, -0.05) is 35.9 Å². The molecule has 0 bridgehead atoms. The number of hydrogen-bond acceptors (Lipinski definition) is 2. The average molecular weight is 311 g/mol. The largest absolute Gasteiger partial charge is 0.481 e. The van der Waals surface area contributed by atoms with Crippen LogP contribution in [0, 0.1) is 27.7 Å². The first-order valence-corrected chi connectivity index (χ1v) is 7.94. The summed E-state index contributed by atoms with van der Waals surface area (Å²) in [6.07, 6.45) is -0.527. The summed E-state index contributed by atoms with van der Waals surface area (Å²) in [7, 11) is 0. The first kappa shape index (κ1) is 17.1. The number of carbonyl (C=O) groups is 1. The van der Waals surface area contributed by atoms with Gasteiger partial charge in [0.2, 0.25) is 0 Å². The van der Waals surface area contributed by atoms with Gasteiger partial charge in [-0.2, -0.15) is 0 Å². The van der Waals surface area contributed by atoms with Crippen LogP contribution in [0.15, 0.2) is 36.4 Å². The summed E-state index contributed by atoms with van der Waals surface area (Å²) in [6, 6.07) is 12.2. The van der Waals surface area contributed by atoms with Gasteiger partial charge in [0, 0.05) is 6.54 Å². The molecule has 1 N–H and O–H groups in total. The summed E-state index contributed by atoms with van der Waals surface area (Å²) in [5.41, 5.74) is 5.68. The molecule has 0 fully saturated rings. The minimum Gasteiger partial charge on any atom is -0.481 e. The third-order valence-corrected chi connectivity index (χ3v) is 4.02. The van der Waals surface area contributed by atoms with Crippen molar-refractivity contribution in [2.24, 2.45) is 0 Å². The van der Waals surface area contributed by atoms with Crippen LogP contribution < -0.4 is 10.1 Å². The van der Waals surface area contributed by atoms with E-state index in [1.165, 1.54) is 11.1 Å². The molecule has 0 aliphatic heterocycles. The van der Waals surface area contributed by atoms with Crippen LogP contribution in [-0.4, -0.2) is 12.0 Å². The van der Waals surface area contributed by atoms with E-state index in [0.717, 1.165) is 22.4 Å². The molecule has 0 heterocycles. The van der Waals surface area contributed by atoms with Crippen LogP contribution in [-0.2, 0) is 11.3 Å². The van der Waals surface area contributed by atoms with Crippen molar-refractivity contribution < 1.29 is 9.53 Å². The van der Waals surface area contributed by atoms with Gasteiger partial charge in [-0.25, -0.2) is 0 Å². The van der Waals surface area contributed by atoms with Crippen molar-refractivity contribution in [3.05, 3.63) is 64.2 Å². The summed E-state index contributed by atoms with van der Waals surface area (Å²) < 4.78 is 5.86. The van der Waals surface area contributed by atoms with E-state index < -0.39 is 6.10 Å². The average Bonchev–Trinajstić information content (AvgIpc) is 2.51. The lowest BCUT2D eigenvalue weighted by molar-refractivity contribution is -0.127. The number of hydrogen-bond donors (Lipinski definition) is 1. The summed E-state index contributed by atoms with van der Waals surface area (Å²) in [6.45, 7) is 10.4. The SMILES string of the molecule is Cc1ccc(CNC(=O)[C@H](C)Oc2cc(C)cc(C)c2C)cc1. The lowest BCUT2D eigenvalue weighted by atomic mass is 10.1.